The van der Waals surface area contributed by atoms with Gasteiger partial charge in [0.05, 0.1) is 0 Å². The van der Waals surface area contributed by atoms with Crippen molar-refractivity contribution < 1.29 is 9.59 Å². The SMILES string of the molecule is O=CCCN1CCCC(=O)N1C1CCCC1. The van der Waals surface area contributed by atoms with E-state index in [1.165, 1.54) is 12.8 Å². The van der Waals surface area contributed by atoms with Crippen LogP contribution in [0.2, 0.25) is 0 Å². The standard InChI is InChI=1S/C12H20N2O2/c15-10-4-9-13-8-3-7-12(16)14(13)11-5-1-2-6-11/h10-11H,1-9H2. The van der Waals surface area contributed by atoms with Crippen LogP contribution in [0.5, 0.6) is 0 Å². The molecule has 0 unspecified atom stereocenters. The Labute approximate surface area is 96.6 Å². The average molecular weight is 224 g/mol. The molecule has 1 heterocycles. The number of carbonyl (C=O) groups excluding carboxylic acids is 2. The molecule has 90 valence electrons. The molecule has 0 N–H and O–H groups in total. The topological polar surface area (TPSA) is 40.6 Å². The molecule has 1 amide bonds. The fourth-order valence-electron chi connectivity index (χ4n) is 2.80. The summed E-state index contributed by atoms with van der Waals surface area (Å²) >= 11 is 0. The smallest absolute Gasteiger partial charge is 0.237 e. The van der Waals surface area contributed by atoms with Crippen LogP contribution >= 0.6 is 0 Å². The van der Waals surface area contributed by atoms with Crippen molar-refractivity contribution in [3.05, 3.63) is 0 Å². The lowest BCUT2D eigenvalue weighted by molar-refractivity contribution is -0.162. The van der Waals surface area contributed by atoms with Gasteiger partial charge >= 0.3 is 0 Å². The molecule has 1 aliphatic carbocycles. The van der Waals surface area contributed by atoms with E-state index in [4.69, 9.17) is 0 Å². The molecule has 2 aliphatic rings. The lowest BCUT2D eigenvalue weighted by Gasteiger charge is -2.42. The zero-order valence-electron chi connectivity index (χ0n) is 9.73. The molecule has 4 nitrogen and oxygen atoms in total. The Bertz CT molecular complexity index is 262. The van der Waals surface area contributed by atoms with E-state index in [-0.39, 0.29) is 5.91 Å². The third-order valence-corrected chi connectivity index (χ3v) is 3.54. The molecule has 1 saturated carbocycles. The molecule has 0 radical (unpaired) electrons. The predicted molar refractivity (Wildman–Crippen MR) is 60.6 cm³/mol. The van der Waals surface area contributed by atoms with Crippen molar-refractivity contribution in [3.8, 4) is 0 Å². The minimum absolute atomic E-state index is 0.254. The molecule has 0 aromatic rings. The van der Waals surface area contributed by atoms with Crippen molar-refractivity contribution in [2.45, 2.75) is 51.0 Å². The molecule has 0 aromatic carbocycles. The Morgan fingerprint density at radius 3 is 2.69 bits per heavy atom. The molecule has 1 aliphatic heterocycles. The lowest BCUT2D eigenvalue weighted by Crippen LogP contribution is -2.54. The summed E-state index contributed by atoms with van der Waals surface area (Å²) in [5.74, 6) is 0.254. The van der Waals surface area contributed by atoms with Gasteiger partial charge in [0.1, 0.15) is 6.29 Å². The predicted octanol–water partition coefficient (Wildman–Crippen LogP) is 1.36. The van der Waals surface area contributed by atoms with E-state index >= 15 is 0 Å². The van der Waals surface area contributed by atoms with Gasteiger partial charge in [-0.05, 0) is 19.3 Å². The van der Waals surface area contributed by atoms with Crippen LogP contribution in [0.1, 0.15) is 44.9 Å². The highest BCUT2D eigenvalue weighted by molar-refractivity contribution is 5.76. The first-order valence-corrected chi connectivity index (χ1v) is 6.33. The van der Waals surface area contributed by atoms with Crippen molar-refractivity contribution in [2.24, 2.45) is 0 Å². The maximum atomic E-state index is 12.0. The first kappa shape index (κ1) is 11.6. The zero-order chi connectivity index (χ0) is 11.4. The number of amides is 1. The monoisotopic (exact) mass is 224 g/mol. The van der Waals surface area contributed by atoms with Crippen molar-refractivity contribution in [3.63, 3.8) is 0 Å². The second-order valence-corrected chi connectivity index (χ2v) is 4.69. The maximum absolute atomic E-state index is 12.0. The summed E-state index contributed by atoms with van der Waals surface area (Å²) in [6, 6.07) is 0.402. The highest BCUT2D eigenvalue weighted by Gasteiger charge is 2.33. The number of nitrogens with zero attached hydrogens (tertiary/aromatic N) is 2. The first-order valence-electron chi connectivity index (χ1n) is 6.33. The summed E-state index contributed by atoms with van der Waals surface area (Å²) < 4.78 is 0. The second kappa shape index (κ2) is 5.43. The number of aldehydes is 1. The van der Waals surface area contributed by atoms with Crippen LogP contribution in [0.15, 0.2) is 0 Å². The van der Waals surface area contributed by atoms with E-state index in [9.17, 15) is 9.59 Å². The van der Waals surface area contributed by atoms with E-state index in [1.54, 1.807) is 0 Å². The molecule has 0 bridgehead atoms. The number of hydrazine groups is 1. The van der Waals surface area contributed by atoms with Crippen LogP contribution in [0.3, 0.4) is 0 Å². The Kier molecular flexibility index (Phi) is 3.93. The van der Waals surface area contributed by atoms with Crippen LogP contribution < -0.4 is 0 Å². The Morgan fingerprint density at radius 2 is 2.00 bits per heavy atom. The van der Waals surface area contributed by atoms with E-state index in [0.717, 1.165) is 32.1 Å². The lowest BCUT2D eigenvalue weighted by atomic mass is 10.1. The molecule has 4 heteroatoms. The third kappa shape index (κ3) is 2.43. The number of rotatable bonds is 4. The largest absolute Gasteiger partial charge is 0.303 e. The van der Waals surface area contributed by atoms with Crippen LogP contribution in [-0.4, -0.2) is 41.3 Å². The number of carbonyl (C=O) groups is 2. The summed E-state index contributed by atoms with van der Waals surface area (Å²) in [6.45, 7) is 1.63. The molecule has 0 spiro atoms. The van der Waals surface area contributed by atoms with Gasteiger partial charge < -0.3 is 4.79 Å². The van der Waals surface area contributed by atoms with Gasteiger partial charge in [-0.2, -0.15) is 0 Å². The minimum atomic E-state index is 0.254. The molecule has 16 heavy (non-hydrogen) atoms. The normalized spacial score (nSPS) is 24.0. The van der Waals surface area contributed by atoms with Gasteiger partial charge in [0, 0.05) is 32.0 Å². The highest BCUT2D eigenvalue weighted by Crippen LogP contribution is 2.27. The van der Waals surface area contributed by atoms with E-state index in [2.05, 4.69) is 5.01 Å². The summed E-state index contributed by atoms with van der Waals surface area (Å²) in [7, 11) is 0. The van der Waals surface area contributed by atoms with Gasteiger partial charge in [-0.25, -0.2) is 5.01 Å². The Morgan fingerprint density at radius 1 is 1.25 bits per heavy atom. The van der Waals surface area contributed by atoms with E-state index in [0.29, 0.717) is 25.4 Å². The summed E-state index contributed by atoms with van der Waals surface area (Å²) in [5, 5.41) is 4.05. The average Bonchev–Trinajstić information content (AvgIpc) is 2.79. The van der Waals surface area contributed by atoms with Gasteiger partial charge in [-0.3, -0.25) is 9.80 Å². The Balaban J connectivity index is 2.01. The number of hydrogen-bond donors (Lipinski definition) is 0. The summed E-state index contributed by atoms with van der Waals surface area (Å²) in [6.07, 6.45) is 7.79. The van der Waals surface area contributed by atoms with Crippen LogP contribution in [0.25, 0.3) is 0 Å². The van der Waals surface area contributed by atoms with Gasteiger partial charge in [0.25, 0.3) is 0 Å². The van der Waals surface area contributed by atoms with Crippen molar-refractivity contribution in [1.82, 2.24) is 10.0 Å². The van der Waals surface area contributed by atoms with Crippen molar-refractivity contribution >= 4 is 12.2 Å². The second-order valence-electron chi connectivity index (χ2n) is 4.69. The van der Waals surface area contributed by atoms with E-state index in [1.807, 2.05) is 5.01 Å². The van der Waals surface area contributed by atoms with Crippen LogP contribution in [0, 0.1) is 0 Å². The summed E-state index contributed by atoms with van der Waals surface area (Å²) in [4.78, 5) is 22.4. The van der Waals surface area contributed by atoms with Gasteiger partial charge in [0.15, 0.2) is 0 Å². The quantitative estimate of drug-likeness (QED) is 0.677. The fraction of sp³-hybridized carbons (Fsp3) is 0.833. The highest BCUT2D eigenvalue weighted by atomic mass is 16.2. The van der Waals surface area contributed by atoms with E-state index < -0.39 is 0 Å². The first-order chi connectivity index (χ1) is 7.83. The van der Waals surface area contributed by atoms with Gasteiger partial charge in [-0.1, -0.05) is 12.8 Å². The summed E-state index contributed by atoms with van der Waals surface area (Å²) in [5.41, 5.74) is 0. The number of hydrogen-bond acceptors (Lipinski definition) is 3. The minimum Gasteiger partial charge on any atom is -0.303 e. The molecular weight excluding hydrogens is 204 g/mol. The molecular formula is C12H20N2O2. The molecule has 0 atom stereocenters. The van der Waals surface area contributed by atoms with Crippen molar-refractivity contribution in [1.29, 1.82) is 0 Å². The van der Waals surface area contributed by atoms with Gasteiger partial charge in [-0.15, -0.1) is 0 Å². The van der Waals surface area contributed by atoms with Gasteiger partial charge in [0.2, 0.25) is 5.91 Å². The molecule has 1 saturated heterocycles. The zero-order valence-corrected chi connectivity index (χ0v) is 9.73. The molecule has 2 fully saturated rings. The maximum Gasteiger partial charge on any atom is 0.237 e. The van der Waals surface area contributed by atoms with Crippen LogP contribution in [-0.2, 0) is 9.59 Å². The third-order valence-electron chi connectivity index (χ3n) is 3.54. The molecule has 0 aromatic heterocycles. The molecule has 2 rings (SSSR count). The fourth-order valence-corrected chi connectivity index (χ4v) is 2.80. The van der Waals surface area contributed by atoms with Crippen molar-refractivity contribution in [2.75, 3.05) is 13.1 Å². The van der Waals surface area contributed by atoms with Crippen LogP contribution in [0.4, 0.5) is 0 Å². The Hall–Kier alpha value is -0.900.